The molecule has 0 amide bonds. The number of hydrogen-bond acceptors (Lipinski definition) is 4. The Kier molecular flexibility index (Phi) is 6.74. The maximum absolute atomic E-state index is 11.1. The predicted molar refractivity (Wildman–Crippen MR) is 69.7 cm³/mol. The Balaban J connectivity index is 2.07. The number of hydrogen-bond donors (Lipinski definition) is 0. The van der Waals surface area contributed by atoms with E-state index < -0.39 is 0 Å². The van der Waals surface area contributed by atoms with E-state index in [1.165, 1.54) is 7.11 Å². The van der Waals surface area contributed by atoms with Crippen LogP contribution in [0.2, 0.25) is 0 Å². The second-order valence-corrected chi connectivity index (χ2v) is 4.72. The molecule has 0 saturated carbocycles. The number of benzene rings is 1. The fraction of sp³-hybridized carbons (Fsp3) is 0.462. The van der Waals surface area contributed by atoms with Crippen LogP contribution in [0.4, 0.5) is 0 Å². The fourth-order valence-electron chi connectivity index (χ4n) is 1.29. The van der Waals surface area contributed by atoms with Crippen LogP contribution in [0.1, 0.15) is 12.5 Å². The molecule has 0 fully saturated rings. The summed E-state index contributed by atoms with van der Waals surface area (Å²) in [6.07, 6.45) is 0. The fourth-order valence-corrected chi connectivity index (χ4v) is 2.07. The van der Waals surface area contributed by atoms with Gasteiger partial charge in [-0.05, 0) is 5.56 Å². The number of esters is 1. The molecule has 94 valence electrons. The van der Waals surface area contributed by atoms with Gasteiger partial charge in [-0.2, -0.15) is 0 Å². The number of methoxy groups -OCH3 is 1. The largest absolute Gasteiger partial charge is 0.469 e. The predicted octanol–water partition coefficient (Wildman–Crippen LogP) is 2.70. The van der Waals surface area contributed by atoms with Gasteiger partial charge < -0.3 is 9.47 Å². The van der Waals surface area contributed by atoms with Crippen molar-refractivity contribution >= 4 is 17.7 Å². The maximum Gasteiger partial charge on any atom is 0.309 e. The van der Waals surface area contributed by atoms with Crippen molar-refractivity contribution in [1.29, 1.82) is 0 Å². The van der Waals surface area contributed by atoms with Crippen LogP contribution in [0.5, 0.6) is 0 Å². The van der Waals surface area contributed by atoms with E-state index in [0.717, 1.165) is 11.3 Å². The molecular weight excluding hydrogens is 236 g/mol. The number of carbonyl (C=O) groups excluding carboxylic acids is 1. The first-order valence-electron chi connectivity index (χ1n) is 5.51. The second-order valence-electron chi connectivity index (χ2n) is 3.75. The lowest BCUT2D eigenvalue weighted by atomic mass is 10.2. The molecule has 1 aromatic carbocycles. The maximum atomic E-state index is 11.1. The Hall–Kier alpha value is -1.00. The van der Waals surface area contributed by atoms with Crippen molar-refractivity contribution in [3.05, 3.63) is 35.9 Å². The van der Waals surface area contributed by atoms with Crippen LogP contribution >= 0.6 is 11.8 Å². The summed E-state index contributed by atoms with van der Waals surface area (Å²) < 4.78 is 10.1. The lowest BCUT2D eigenvalue weighted by molar-refractivity contribution is -0.143. The highest BCUT2D eigenvalue weighted by atomic mass is 32.2. The average molecular weight is 254 g/mol. The highest BCUT2D eigenvalue weighted by Crippen LogP contribution is 2.11. The van der Waals surface area contributed by atoms with Gasteiger partial charge in [0.1, 0.15) is 0 Å². The molecule has 1 rings (SSSR count). The molecule has 0 aromatic heterocycles. The smallest absolute Gasteiger partial charge is 0.309 e. The molecule has 1 unspecified atom stereocenters. The zero-order chi connectivity index (χ0) is 12.5. The minimum absolute atomic E-state index is 0.0784. The summed E-state index contributed by atoms with van der Waals surface area (Å²) in [5.74, 6) is 1.07. The van der Waals surface area contributed by atoms with Gasteiger partial charge in [-0.3, -0.25) is 4.79 Å². The summed E-state index contributed by atoms with van der Waals surface area (Å²) in [6.45, 7) is 2.47. The first-order valence-corrected chi connectivity index (χ1v) is 6.66. The summed E-state index contributed by atoms with van der Waals surface area (Å²) >= 11 is 1.60. The van der Waals surface area contributed by atoms with Crippen molar-refractivity contribution < 1.29 is 14.3 Å². The van der Waals surface area contributed by atoms with Gasteiger partial charge in [0, 0.05) is 5.75 Å². The van der Waals surface area contributed by atoms with E-state index in [9.17, 15) is 4.79 Å². The van der Waals surface area contributed by atoms with E-state index in [4.69, 9.17) is 4.74 Å². The summed E-state index contributed by atoms with van der Waals surface area (Å²) in [4.78, 5) is 11.1. The van der Waals surface area contributed by atoms with Crippen molar-refractivity contribution in [3.8, 4) is 0 Å². The van der Waals surface area contributed by atoms with Crippen molar-refractivity contribution in [1.82, 2.24) is 0 Å². The first kappa shape index (κ1) is 14.1. The highest BCUT2D eigenvalue weighted by Gasteiger charge is 2.12. The molecule has 4 heteroatoms. The van der Waals surface area contributed by atoms with Crippen LogP contribution in [0.3, 0.4) is 0 Å². The molecule has 0 aliphatic rings. The Labute approximate surface area is 106 Å². The standard InChI is InChI=1S/C13H18O3S/c1-11(13(14)15-2)9-17-10-16-8-12-6-4-3-5-7-12/h3-7,11H,8-10H2,1-2H3. The van der Waals surface area contributed by atoms with Crippen LogP contribution in [-0.4, -0.2) is 24.8 Å². The van der Waals surface area contributed by atoms with E-state index in [0.29, 0.717) is 12.5 Å². The van der Waals surface area contributed by atoms with Gasteiger partial charge in [0.15, 0.2) is 0 Å². The minimum atomic E-state index is -0.166. The molecule has 0 saturated heterocycles. The first-order chi connectivity index (χ1) is 8.24. The molecule has 17 heavy (non-hydrogen) atoms. The zero-order valence-electron chi connectivity index (χ0n) is 10.2. The lowest BCUT2D eigenvalue weighted by Crippen LogP contribution is -2.15. The van der Waals surface area contributed by atoms with Crippen molar-refractivity contribution in [2.75, 3.05) is 18.8 Å². The third-order valence-electron chi connectivity index (χ3n) is 2.25. The minimum Gasteiger partial charge on any atom is -0.469 e. The van der Waals surface area contributed by atoms with Crippen LogP contribution in [0.25, 0.3) is 0 Å². The molecule has 0 bridgehead atoms. The number of ether oxygens (including phenoxy) is 2. The van der Waals surface area contributed by atoms with E-state index in [2.05, 4.69) is 4.74 Å². The molecule has 0 N–H and O–H groups in total. The molecule has 0 aliphatic carbocycles. The van der Waals surface area contributed by atoms with Crippen molar-refractivity contribution in [2.24, 2.45) is 5.92 Å². The van der Waals surface area contributed by atoms with Crippen LogP contribution < -0.4 is 0 Å². The zero-order valence-corrected chi connectivity index (χ0v) is 11.0. The molecule has 1 atom stereocenters. The third kappa shape index (κ3) is 5.75. The third-order valence-corrected chi connectivity index (χ3v) is 3.32. The van der Waals surface area contributed by atoms with Gasteiger partial charge in [0.05, 0.1) is 25.6 Å². The van der Waals surface area contributed by atoms with Crippen molar-refractivity contribution in [3.63, 3.8) is 0 Å². The van der Waals surface area contributed by atoms with E-state index >= 15 is 0 Å². The molecule has 0 spiro atoms. The van der Waals surface area contributed by atoms with Crippen molar-refractivity contribution in [2.45, 2.75) is 13.5 Å². The van der Waals surface area contributed by atoms with Gasteiger partial charge in [0.25, 0.3) is 0 Å². The molecule has 1 aromatic rings. The lowest BCUT2D eigenvalue weighted by Gasteiger charge is -2.08. The summed E-state index contributed by atoms with van der Waals surface area (Å²) in [7, 11) is 1.41. The summed E-state index contributed by atoms with van der Waals surface area (Å²) in [6, 6.07) is 10.0. The Morgan fingerprint density at radius 2 is 2.06 bits per heavy atom. The van der Waals surface area contributed by atoms with E-state index in [1.54, 1.807) is 11.8 Å². The van der Waals surface area contributed by atoms with Gasteiger partial charge in [-0.15, -0.1) is 11.8 Å². The Morgan fingerprint density at radius 3 is 2.71 bits per heavy atom. The molecular formula is C13H18O3S. The van der Waals surface area contributed by atoms with Gasteiger partial charge in [-0.1, -0.05) is 37.3 Å². The molecule has 3 nitrogen and oxygen atoms in total. The number of carbonyl (C=O) groups is 1. The Morgan fingerprint density at radius 1 is 1.35 bits per heavy atom. The topological polar surface area (TPSA) is 35.5 Å². The van der Waals surface area contributed by atoms with Gasteiger partial charge in [0.2, 0.25) is 0 Å². The van der Waals surface area contributed by atoms with E-state index in [1.807, 2.05) is 37.3 Å². The quantitative estimate of drug-likeness (QED) is 0.426. The SMILES string of the molecule is COC(=O)C(C)CSCOCc1ccccc1. The molecule has 0 radical (unpaired) electrons. The van der Waals surface area contributed by atoms with Gasteiger partial charge in [-0.25, -0.2) is 0 Å². The van der Waals surface area contributed by atoms with Crippen LogP contribution in [0.15, 0.2) is 30.3 Å². The number of thioether (sulfide) groups is 1. The summed E-state index contributed by atoms with van der Waals surface area (Å²) in [5.41, 5.74) is 1.16. The van der Waals surface area contributed by atoms with Crippen LogP contribution in [-0.2, 0) is 20.9 Å². The van der Waals surface area contributed by atoms with Gasteiger partial charge >= 0.3 is 5.97 Å². The Bertz CT molecular complexity index is 327. The normalized spacial score (nSPS) is 12.1. The monoisotopic (exact) mass is 254 g/mol. The van der Waals surface area contributed by atoms with Crippen LogP contribution in [0, 0.1) is 5.92 Å². The average Bonchev–Trinajstić information content (AvgIpc) is 2.38. The number of rotatable bonds is 7. The van der Waals surface area contributed by atoms with E-state index in [-0.39, 0.29) is 11.9 Å². The summed E-state index contributed by atoms with van der Waals surface area (Å²) in [5, 5.41) is 0. The molecule has 0 aliphatic heterocycles. The second kappa shape index (κ2) is 8.14. The highest BCUT2D eigenvalue weighted by molar-refractivity contribution is 7.99. The molecule has 0 heterocycles.